The molecular formula is C24H26FN3O4S. The highest BCUT2D eigenvalue weighted by Crippen LogP contribution is 2.28. The van der Waals surface area contributed by atoms with Crippen LogP contribution in [-0.2, 0) is 16.6 Å². The van der Waals surface area contributed by atoms with Crippen molar-refractivity contribution in [2.75, 3.05) is 7.05 Å². The highest BCUT2D eigenvalue weighted by molar-refractivity contribution is 7.89. The lowest BCUT2D eigenvalue weighted by Gasteiger charge is -2.30. The number of aromatic nitrogens is 1. The van der Waals surface area contributed by atoms with Gasteiger partial charge in [0.05, 0.1) is 10.5 Å². The Balaban J connectivity index is 1.65. The molecule has 1 aliphatic carbocycles. The summed E-state index contributed by atoms with van der Waals surface area (Å²) in [5.74, 6) is -0.900. The molecule has 0 bridgehead atoms. The highest BCUT2D eigenvalue weighted by atomic mass is 32.2. The standard InChI is InChI=1S/C24H26FN3O4S/c1-28(18-5-3-2-4-6-18)33(31,32)19-11-12-22-20(13-19)21(14-23(29)27-22)24(30)26-15-16-7-9-17(25)10-8-16/h7-14,18H,2-6,15H2,1H3,(H,26,30)(H,27,29). The van der Waals surface area contributed by atoms with Crippen molar-refractivity contribution in [1.82, 2.24) is 14.6 Å². The summed E-state index contributed by atoms with van der Waals surface area (Å²) in [5.41, 5.74) is 0.669. The lowest BCUT2D eigenvalue weighted by Crippen LogP contribution is -2.38. The van der Waals surface area contributed by atoms with Crippen LogP contribution in [0, 0.1) is 5.82 Å². The Morgan fingerprint density at radius 3 is 2.48 bits per heavy atom. The van der Waals surface area contributed by atoms with E-state index in [9.17, 15) is 22.4 Å². The van der Waals surface area contributed by atoms with Crippen molar-refractivity contribution in [3.63, 3.8) is 0 Å². The number of carbonyl (C=O) groups excluding carboxylic acids is 1. The third-order valence-corrected chi connectivity index (χ3v) is 8.10. The molecule has 0 unspecified atom stereocenters. The second kappa shape index (κ2) is 9.44. The maximum absolute atomic E-state index is 13.3. The maximum atomic E-state index is 13.3. The first-order valence-electron chi connectivity index (χ1n) is 10.9. The zero-order valence-electron chi connectivity index (χ0n) is 18.3. The van der Waals surface area contributed by atoms with Gasteiger partial charge in [-0.3, -0.25) is 9.59 Å². The molecule has 174 valence electrons. The van der Waals surface area contributed by atoms with Crippen molar-refractivity contribution in [1.29, 1.82) is 0 Å². The molecule has 0 atom stereocenters. The molecule has 1 amide bonds. The van der Waals surface area contributed by atoms with E-state index in [0.29, 0.717) is 16.5 Å². The first kappa shape index (κ1) is 23.1. The normalized spacial score (nSPS) is 15.1. The Morgan fingerprint density at radius 1 is 1.09 bits per heavy atom. The zero-order valence-corrected chi connectivity index (χ0v) is 19.1. The van der Waals surface area contributed by atoms with Gasteiger partial charge in [0.1, 0.15) is 5.82 Å². The Kier molecular flexibility index (Phi) is 6.62. The largest absolute Gasteiger partial charge is 0.348 e. The number of aromatic amines is 1. The maximum Gasteiger partial charge on any atom is 0.252 e. The average molecular weight is 472 g/mol. The molecule has 2 aromatic carbocycles. The van der Waals surface area contributed by atoms with Gasteiger partial charge in [-0.1, -0.05) is 31.4 Å². The summed E-state index contributed by atoms with van der Waals surface area (Å²) < 4.78 is 41.1. The number of pyridine rings is 1. The molecular weight excluding hydrogens is 445 g/mol. The first-order valence-corrected chi connectivity index (χ1v) is 12.4. The number of benzene rings is 2. The number of halogens is 1. The fourth-order valence-corrected chi connectivity index (χ4v) is 5.71. The van der Waals surface area contributed by atoms with E-state index in [1.807, 2.05) is 0 Å². The molecule has 7 nitrogen and oxygen atoms in total. The molecule has 0 saturated heterocycles. The van der Waals surface area contributed by atoms with Gasteiger partial charge in [-0.05, 0) is 48.7 Å². The molecule has 1 heterocycles. The van der Waals surface area contributed by atoms with Gasteiger partial charge in [-0.25, -0.2) is 12.8 Å². The molecule has 1 fully saturated rings. The molecule has 0 spiro atoms. The van der Waals surface area contributed by atoms with E-state index >= 15 is 0 Å². The van der Waals surface area contributed by atoms with Crippen molar-refractivity contribution < 1.29 is 17.6 Å². The average Bonchev–Trinajstić information content (AvgIpc) is 2.82. The van der Waals surface area contributed by atoms with Crippen LogP contribution in [0.5, 0.6) is 0 Å². The molecule has 1 saturated carbocycles. The van der Waals surface area contributed by atoms with Crippen LogP contribution < -0.4 is 10.9 Å². The third kappa shape index (κ3) is 4.99. The summed E-state index contributed by atoms with van der Waals surface area (Å²) in [5, 5.41) is 3.05. The van der Waals surface area contributed by atoms with Gasteiger partial charge < -0.3 is 10.3 Å². The molecule has 2 N–H and O–H groups in total. The van der Waals surface area contributed by atoms with Crippen molar-refractivity contribution in [2.24, 2.45) is 0 Å². The Bertz CT molecular complexity index is 1330. The summed E-state index contributed by atoms with van der Waals surface area (Å²) in [6.45, 7) is 0.135. The van der Waals surface area contributed by atoms with Crippen LogP contribution in [0.15, 0.2) is 58.2 Å². The van der Waals surface area contributed by atoms with Gasteiger partial charge >= 0.3 is 0 Å². The smallest absolute Gasteiger partial charge is 0.252 e. The lowest BCUT2D eigenvalue weighted by atomic mass is 9.96. The van der Waals surface area contributed by atoms with Gasteiger partial charge in [-0.2, -0.15) is 4.31 Å². The number of sulfonamides is 1. The van der Waals surface area contributed by atoms with Crippen molar-refractivity contribution >= 4 is 26.8 Å². The van der Waals surface area contributed by atoms with E-state index in [-0.39, 0.29) is 28.9 Å². The summed E-state index contributed by atoms with van der Waals surface area (Å²) in [4.78, 5) is 27.7. The Labute approximate surface area is 191 Å². The van der Waals surface area contributed by atoms with Crippen LogP contribution in [0.1, 0.15) is 48.0 Å². The summed E-state index contributed by atoms with van der Waals surface area (Å²) in [6, 6.07) is 11.2. The number of rotatable bonds is 6. The van der Waals surface area contributed by atoms with Gasteiger partial charge in [-0.15, -0.1) is 0 Å². The topological polar surface area (TPSA) is 99.3 Å². The van der Waals surface area contributed by atoms with Crippen molar-refractivity contribution in [3.8, 4) is 0 Å². The molecule has 1 aromatic heterocycles. The number of fused-ring (bicyclic) bond motifs is 1. The molecule has 3 aromatic rings. The van der Waals surface area contributed by atoms with Crippen LogP contribution in [0.3, 0.4) is 0 Å². The van der Waals surface area contributed by atoms with Gasteiger partial charge in [0, 0.05) is 36.6 Å². The van der Waals surface area contributed by atoms with E-state index < -0.39 is 21.5 Å². The Hall–Kier alpha value is -3.04. The number of nitrogens with one attached hydrogen (secondary N) is 2. The fraction of sp³-hybridized carbons (Fsp3) is 0.333. The predicted octanol–water partition coefficient (Wildman–Crippen LogP) is 3.55. The molecule has 4 rings (SSSR count). The minimum Gasteiger partial charge on any atom is -0.348 e. The van der Waals surface area contributed by atoms with E-state index in [1.165, 1.54) is 34.6 Å². The van der Waals surface area contributed by atoms with Gasteiger partial charge in [0.25, 0.3) is 5.91 Å². The monoisotopic (exact) mass is 471 g/mol. The number of nitrogens with zero attached hydrogens (tertiary/aromatic N) is 1. The van der Waals surface area contributed by atoms with Gasteiger partial charge in [0.15, 0.2) is 0 Å². The first-order chi connectivity index (χ1) is 15.8. The molecule has 0 aliphatic heterocycles. The number of H-pyrrole nitrogens is 1. The lowest BCUT2D eigenvalue weighted by molar-refractivity contribution is 0.0952. The molecule has 1 aliphatic rings. The van der Waals surface area contributed by atoms with Crippen LogP contribution in [0.4, 0.5) is 4.39 Å². The van der Waals surface area contributed by atoms with E-state index in [4.69, 9.17) is 0 Å². The predicted molar refractivity (Wildman–Crippen MR) is 124 cm³/mol. The number of carbonyl (C=O) groups is 1. The summed E-state index contributed by atoms with van der Waals surface area (Å²) >= 11 is 0. The highest BCUT2D eigenvalue weighted by Gasteiger charge is 2.29. The van der Waals surface area contributed by atoms with E-state index in [1.54, 1.807) is 19.2 Å². The second-order valence-electron chi connectivity index (χ2n) is 8.38. The van der Waals surface area contributed by atoms with Crippen LogP contribution in [-0.4, -0.2) is 36.7 Å². The Morgan fingerprint density at radius 2 is 1.79 bits per heavy atom. The van der Waals surface area contributed by atoms with Crippen LogP contribution in [0.25, 0.3) is 10.9 Å². The van der Waals surface area contributed by atoms with Crippen molar-refractivity contribution in [3.05, 3.63) is 75.8 Å². The quantitative estimate of drug-likeness (QED) is 0.574. The summed E-state index contributed by atoms with van der Waals surface area (Å²) in [7, 11) is -2.17. The molecule has 33 heavy (non-hydrogen) atoms. The van der Waals surface area contributed by atoms with E-state index in [0.717, 1.165) is 38.2 Å². The fourth-order valence-electron chi connectivity index (χ4n) is 4.27. The van der Waals surface area contributed by atoms with Crippen LogP contribution in [0.2, 0.25) is 0 Å². The number of hydrogen-bond acceptors (Lipinski definition) is 4. The number of amides is 1. The molecule has 0 radical (unpaired) electrons. The minimum absolute atomic E-state index is 0.0477. The van der Waals surface area contributed by atoms with Crippen LogP contribution >= 0.6 is 0 Å². The summed E-state index contributed by atoms with van der Waals surface area (Å²) in [6.07, 6.45) is 4.77. The van der Waals surface area contributed by atoms with Gasteiger partial charge in [0.2, 0.25) is 15.6 Å². The zero-order chi connectivity index (χ0) is 23.6. The number of hydrogen-bond donors (Lipinski definition) is 2. The SMILES string of the molecule is CN(C1CCCCC1)S(=O)(=O)c1ccc2[nH]c(=O)cc(C(=O)NCc3ccc(F)cc3)c2c1. The third-order valence-electron chi connectivity index (χ3n) is 6.19. The second-order valence-corrected chi connectivity index (χ2v) is 10.4. The van der Waals surface area contributed by atoms with Crippen molar-refractivity contribution in [2.45, 2.75) is 49.6 Å². The van der Waals surface area contributed by atoms with E-state index in [2.05, 4.69) is 10.3 Å². The molecule has 9 heteroatoms. The minimum atomic E-state index is -3.77.